The lowest BCUT2D eigenvalue weighted by Gasteiger charge is -2.35. The van der Waals surface area contributed by atoms with Crippen molar-refractivity contribution in [2.75, 3.05) is 33.7 Å². The molecule has 2 aromatic rings. The third-order valence-corrected chi connectivity index (χ3v) is 7.70. The van der Waals surface area contributed by atoms with Gasteiger partial charge in [-0.05, 0) is 67.9 Å². The number of carbonyl (C=O) groups excluding carboxylic acids is 3. The van der Waals surface area contributed by atoms with Crippen LogP contribution in [-0.4, -0.2) is 73.3 Å². The van der Waals surface area contributed by atoms with Gasteiger partial charge in [0.25, 0.3) is 11.8 Å². The number of nitrogens with zero attached hydrogens (tertiary/aromatic N) is 2. The summed E-state index contributed by atoms with van der Waals surface area (Å²) in [5, 5.41) is 5.34. The van der Waals surface area contributed by atoms with Crippen molar-refractivity contribution in [3.63, 3.8) is 0 Å². The largest absolute Gasteiger partial charge is 0.416 e. The van der Waals surface area contributed by atoms with Crippen molar-refractivity contribution in [2.24, 2.45) is 0 Å². The van der Waals surface area contributed by atoms with E-state index in [1.165, 1.54) is 12.1 Å². The highest BCUT2D eigenvalue weighted by Gasteiger charge is 2.33. The Morgan fingerprint density at radius 1 is 0.974 bits per heavy atom. The minimum atomic E-state index is -4.54. The Morgan fingerprint density at radius 2 is 1.69 bits per heavy atom. The van der Waals surface area contributed by atoms with Crippen LogP contribution in [0.5, 0.6) is 0 Å². The molecule has 1 heterocycles. The molecule has 2 aliphatic rings. The second kappa shape index (κ2) is 12.2. The van der Waals surface area contributed by atoms with Gasteiger partial charge >= 0.3 is 6.18 Å². The number of benzene rings is 2. The number of rotatable bonds is 7. The average molecular weight is 545 g/mol. The van der Waals surface area contributed by atoms with E-state index in [0.29, 0.717) is 12.0 Å². The molecule has 0 spiro atoms. The van der Waals surface area contributed by atoms with E-state index in [4.69, 9.17) is 0 Å². The number of nitrogens with one attached hydrogen (secondary N) is 2. The van der Waals surface area contributed by atoms with Gasteiger partial charge in [0.05, 0.1) is 12.1 Å². The zero-order valence-electron chi connectivity index (χ0n) is 22.3. The van der Waals surface area contributed by atoms with Crippen molar-refractivity contribution in [1.82, 2.24) is 20.4 Å². The van der Waals surface area contributed by atoms with Gasteiger partial charge in [0.2, 0.25) is 5.91 Å². The van der Waals surface area contributed by atoms with Crippen LogP contribution >= 0.6 is 0 Å². The highest BCUT2D eigenvalue weighted by molar-refractivity contribution is 5.97. The summed E-state index contributed by atoms with van der Waals surface area (Å²) in [4.78, 5) is 41.3. The van der Waals surface area contributed by atoms with Crippen LogP contribution in [0.3, 0.4) is 0 Å². The lowest BCUT2D eigenvalue weighted by Crippen LogP contribution is -2.44. The van der Waals surface area contributed by atoms with Crippen molar-refractivity contribution in [3.05, 3.63) is 70.8 Å². The van der Waals surface area contributed by atoms with Gasteiger partial charge in [-0.15, -0.1) is 0 Å². The van der Waals surface area contributed by atoms with Crippen LogP contribution in [0.15, 0.2) is 48.5 Å². The van der Waals surface area contributed by atoms with Gasteiger partial charge in [-0.2, -0.15) is 13.2 Å². The molecular weight excluding hydrogens is 509 g/mol. The molecule has 10 heteroatoms. The Labute approximate surface area is 226 Å². The van der Waals surface area contributed by atoms with Crippen molar-refractivity contribution < 1.29 is 27.6 Å². The molecule has 1 atom stereocenters. The molecular formula is C29H35F3N4O3. The summed E-state index contributed by atoms with van der Waals surface area (Å²) in [6, 6.07) is 12.4. The molecule has 0 unspecified atom stereocenters. The summed E-state index contributed by atoms with van der Waals surface area (Å²) in [5.74, 6) is -0.722. The zero-order valence-corrected chi connectivity index (χ0v) is 22.3. The van der Waals surface area contributed by atoms with Crippen LogP contribution in [-0.2, 0) is 11.0 Å². The number of alkyl halides is 3. The minimum absolute atomic E-state index is 0.0249. The van der Waals surface area contributed by atoms with Gasteiger partial charge in [-0.3, -0.25) is 19.3 Å². The lowest BCUT2D eigenvalue weighted by molar-refractivity contribution is -0.137. The standard InChI is InChI=1S/C29H35F3N4O3/c1-35(2)28(39)25-9-4-3-8-24(25)19-10-12-23(13-11-19)36-15-14-22(18-36)34-26(37)17-33-27(38)20-6-5-7-21(16-20)29(30,31)32/h3-9,16,19,22-23H,10-15,17-18H2,1-2H3,(H,33,38)(H,34,37)/t19?,22-,23?/m1/s1. The van der Waals surface area contributed by atoms with E-state index in [0.717, 1.165) is 68.5 Å². The van der Waals surface area contributed by atoms with E-state index in [-0.39, 0.29) is 30.0 Å². The molecule has 3 amide bonds. The van der Waals surface area contributed by atoms with Crippen LogP contribution in [0.2, 0.25) is 0 Å². The molecule has 7 nitrogen and oxygen atoms in total. The first-order valence-electron chi connectivity index (χ1n) is 13.3. The number of hydrogen-bond acceptors (Lipinski definition) is 4. The van der Waals surface area contributed by atoms with Crippen LogP contribution < -0.4 is 10.6 Å². The van der Waals surface area contributed by atoms with Gasteiger partial charge in [0.15, 0.2) is 0 Å². The van der Waals surface area contributed by atoms with Gasteiger partial charge < -0.3 is 15.5 Å². The molecule has 0 aromatic heterocycles. The lowest BCUT2D eigenvalue weighted by atomic mass is 9.79. The Kier molecular flexibility index (Phi) is 8.94. The number of hydrogen-bond donors (Lipinski definition) is 2. The number of likely N-dealkylation sites (tertiary alicyclic amines) is 1. The van der Waals surface area contributed by atoms with Crippen molar-refractivity contribution >= 4 is 17.7 Å². The monoisotopic (exact) mass is 544 g/mol. The zero-order chi connectivity index (χ0) is 28.2. The molecule has 0 bridgehead atoms. The molecule has 1 aliphatic heterocycles. The van der Waals surface area contributed by atoms with E-state index in [2.05, 4.69) is 21.6 Å². The van der Waals surface area contributed by atoms with E-state index >= 15 is 0 Å². The third-order valence-electron chi connectivity index (χ3n) is 7.70. The summed E-state index contributed by atoms with van der Waals surface area (Å²) in [6.07, 6.45) is 0.283. The van der Waals surface area contributed by atoms with Crippen LogP contribution in [0, 0.1) is 0 Å². The van der Waals surface area contributed by atoms with Gasteiger partial charge in [0, 0.05) is 50.4 Å². The van der Waals surface area contributed by atoms with E-state index in [1.807, 2.05) is 18.2 Å². The third kappa shape index (κ3) is 7.17. The van der Waals surface area contributed by atoms with E-state index in [1.54, 1.807) is 19.0 Å². The highest BCUT2D eigenvalue weighted by Crippen LogP contribution is 2.37. The molecule has 2 N–H and O–H groups in total. The van der Waals surface area contributed by atoms with Gasteiger partial charge in [-0.1, -0.05) is 24.3 Å². The Balaban J connectivity index is 1.22. The first-order chi connectivity index (χ1) is 18.5. The molecule has 0 radical (unpaired) electrons. The Morgan fingerprint density at radius 3 is 2.38 bits per heavy atom. The molecule has 1 aliphatic carbocycles. The maximum Gasteiger partial charge on any atom is 0.416 e. The van der Waals surface area contributed by atoms with Crippen LogP contribution in [0.4, 0.5) is 13.2 Å². The van der Waals surface area contributed by atoms with E-state index < -0.39 is 17.6 Å². The molecule has 1 saturated heterocycles. The number of amides is 3. The summed E-state index contributed by atoms with van der Waals surface area (Å²) in [7, 11) is 3.53. The SMILES string of the molecule is CN(C)C(=O)c1ccccc1C1CCC(N2CC[C@@H](NC(=O)CNC(=O)c3cccc(C(F)(F)F)c3)C2)CC1. The molecule has 4 rings (SSSR count). The van der Waals surface area contributed by atoms with Crippen LogP contribution in [0.1, 0.15) is 69.9 Å². The van der Waals surface area contributed by atoms with Crippen molar-refractivity contribution in [1.29, 1.82) is 0 Å². The summed E-state index contributed by atoms with van der Waals surface area (Å²) < 4.78 is 38.7. The average Bonchev–Trinajstić information content (AvgIpc) is 3.39. The van der Waals surface area contributed by atoms with Crippen molar-refractivity contribution in [3.8, 4) is 0 Å². The second-order valence-electron chi connectivity index (χ2n) is 10.6. The first kappa shape index (κ1) is 28.6. The second-order valence-corrected chi connectivity index (χ2v) is 10.6. The topological polar surface area (TPSA) is 81.8 Å². The molecule has 210 valence electrons. The summed E-state index contributed by atoms with van der Waals surface area (Å²) >= 11 is 0. The predicted molar refractivity (Wildman–Crippen MR) is 141 cm³/mol. The molecule has 1 saturated carbocycles. The fourth-order valence-corrected chi connectivity index (χ4v) is 5.66. The highest BCUT2D eigenvalue weighted by atomic mass is 19.4. The maximum atomic E-state index is 12.9. The molecule has 39 heavy (non-hydrogen) atoms. The number of halogens is 3. The smallest absolute Gasteiger partial charge is 0.350 e. The van der Waals surface area contributed by atoms with Gasteiger partial charge in [-0.25, -0.2) is 0 Å². The van der Waals surface area contributed by atoms with Gasteiger partial charge in [0.1, 0.15) is 0 Å². The Bertz CT molecular complexity index is 1190. The number of carbonyl (C=O) groups is 3. The molecule has 2 fully saturated rings. The maximum absolute atomic E-state index is 12.9. The van der Waals surface area contributed by atoms with E-state index in [9.17, 15) is 27.6 Å². The van der Waals surface area contributed by atoms with Crippen molar-refractivity contribution in [2.45, 2.75) is 56.3 Å². The normalized spacial score (nSPS) is 21.8. The predicted octanol–water partition coefficient (Wildman–Crippen LogP) is 4.05. The first-order valence-corrected chi connectivity index (χ1v) is 13.3. The quantitative estimate of drug-likeness (QED) is 0.551. The Hall–Kier alpha value is -3.40. The molecule has 2 aromatic carbocycles. The van der Waals surface area contributed by atoms with Crippen LogP contribution in [0.25, 0.3) is 0 Å². The minimum Gasteiger partial charge on any atom is -0.350 e. The fraction of sp³-hybridized carbons (Fsp3) is 0.483. The summed E-state index contributed by atoms with van der Waals surface area (Å²) in [6.45, 7) is 1.28. The fourth-order valence-electron chi connectivity index (χ4n) is 5.66. The summed E-state index contributed by atoms with van der Waals surface area (Å²) in [5.41, 5.74) is 0.836.